The summed E-state index contributed by atoms with van der Waals surface area (Å²) in [5.74, 6) is -2.15. The van der Waals surface area contributed by atoms with Crippen molar-refractivity contribution >= 4 is 11.7 Å². The number of aromatic nitrogens is 2. The molecule has 0 aliphatic carbocycles. The molecule has 112 valence electrons. The van der Waals surface area contributed by atoms with E-state index in [1.807, 2.05) is 6.92 Å². The Kier molecular flexibility index (Phi) is 4.21. The first kappa shape index (κ1) is 15.0. The monoisotopic (exact) mass is 295 g/mol. The standard InChI is InChI=1S/C14H15F2N3O2/c1-3-19-13(12(17)8(2)18-19)14(20)21-7-9-4-5-10(15)6-11(9)16/h4-6H,3,7,17H2,1-2H3. The van der Waals surface area contributed by atoms with E-state index in [9.17, 15) is 13.6 Å². The van der Waals surface area contributed by atoms with Crippen LogP contribution in [-0.2, 0) is 17.9 Å². The largest absolute Gasteiger partial charge is 0.456 e. The van der Waals surface area contributed by atoms with E-state index in [-0.39, 0.29) is 23.6 Å². The summed E-state index contributed by atoms with van der Waals surface area (Å²) in [5.41, 5.74) is 6.78. The van der Waals surface area contributed by atoms with Crippen molar-refractivity contribution in [3.05, 3.63) is 46.8 Å². The van der Waals surface area contributed by atoms with Gasteiger partial charge < -0.3 is 10.5 Å². The predicted octanol–water partition coefficient (Wildman–Crippen LogP) is 2.43. The highest BCUT2D eigenvalue weighted by molar-refractivity contribution is 5.93. The first-order valence-electron chi connectivity index (χ1n) is 6.38. The third-order valence-electron chi connectivity index (χ3n) is 3.04. The van der Waals surface area contributed by atoms with Crippen LogP contribution in [0, 0.1) is 18.6 Å². The summed E-state index contributed by atoms with van der Waals surface area (Å²) in [6.07, 6.45) is 0. The molecule has 0 aliphatic rings. The number of hydrogen-bond donors (Lipinski definition) is 1. The molecule has 0 fully saturated rings. The minimum atomic E-state index is -0.768. The molecule has 5 nitrogen and oxygen atoms in total. The molecule has 0 saturated heterocycles. The van der Waals surface area contributed by atoms with Crippen LogP contribution in [0.15, 0.2) is 18.2 Å². The van der Waals surface area contributed by atoms with Gasteiger partial charge in [-0.1, -0.05) is 0 Å². The number of carbonyl (C=O) groups is 1. The van der Waals surface area contributed by atoms with Crippen molar-refractivity contribution < 1.29 is 18.3 Å². The van der Waals surface area contributed by atoms with Crippen molar-refractivity contribution in [3.8, 4) is 0 Å². The average Bonchev–Trinajstić information content (AvgIpc) is 2.73. The molecular weight excluding hydrogens is 280 g/mol. The number of nitrogens with two attached hydrogens (primary N) is 1. The Labute approximate surface area is 120 Å². The Morgan fingerprint density at radius 3 is 2.76 bits per heavy atom. The van der Waals surface area contributed by atoms with E-state index in [4.69, 9.17) is 10.5 Å². The Balaban J connectivity index is 2.15. The Bertz CT molecular complexity index is 683. The summed E-state index contributed by atoms with van der Waals surface area (Å²) >= 11 is 0. The van der Waals surface area contributed by atoms with Gasteiger partial charge in [-0.25, -0.2) is 13.6 Å². The van der Waals surface area contributed by atoms with Gasteiger partial charge in [0.05, 0.1) is 11.4 Å². The summed E-state index contributed by atoms with van der Waals surface area (Å²) in [6.45, 7) is 3.63. The molecule has 0 aliphatic heterocycles. The molecule has 0 radical (unpaired) electrons. The Morgan fingerprint density at radius 1 is 1.43 bits per heavy atom. The second kappa shape index (κ2) is 5.90. The molecule has 21 heavy (non-hydrogen) atoms. The molecule has 0 amide bonds. The van der Waals surface area contributed by atoms with E-state index in [0.29, 0.717) is 12.2 Å². The Morgan fingerprint density at radius 2 is 2.14 bits per heavy atom. The van der Waals surface area contributed by atoms with Crippen LogP contribution >= 0.6 is 0 Å². The summed E-state index contributed by atoms with van der Waals surface area (Å²) in [7, 11) is 0. The van der Waals surface area contributed by atoms with Gasteiger partial charge in [0.2, 0.25) is 0 Å². The smallest absolute Gasteiger partial charge is 0.359 e. The molecule has 0 saturated carbocycles. The number of esters is 1. The van der Waals surface area contributed by atoms with E-state index < -0.39 is 17.6 Å². The maximum atomic E-state index is 13.5. The van der Waals surface area contributed by atoms with Gasteiger partial charge in [0.15, 0.2) is 5.69 Å². The minimum Gasteiger partial charge on any atom is -0.456 e. The maximum Gasteiger partial charge on any atom is 0.359 e. The maximum absolute atomic E-state index is 13.5. The molecule has 2 rings (SSSR count). The first-order chi connectivity index (χ1) is 9.93. The number of hydrogen-bond acceptors (Lipinski definition) is 4. The number of benzene rings is 1. The third kappa shape index (κ3) is 3.01. The highest BCUT2D eigenvalue weighted by Crippen LogP contribution is 2.18. The molecular formula is C14H15F2N3O2. The molecule has 2 aromatic rings. The van der Waals surface area contributed by atoms with Crippen LogP contribution in [0.5, 0.6) is 0 Å². The molecule has 1 heterocycles. The Hall–Kier alpha value is -2.44. The lowest BCUT2D eigenvalue weighted by molar-refractivity contribution is 0.0456. The third-order valence-corrected chi connectivity index (χ3v) is 3.04. The number of carbonyl (C=O) groups excluding carboxylic acids is 1. The van der Waals surface area contributed by atoms with E-state index in [2.05, 4.69) is 5.10 Å². The summed E-state index contributed by atoms with van der Waals surface area (Å²) in [5, 5.41) is 4.10. The summed E-state index contributed by atoms with van der Waals surface area (Å²) < 4.78 is 32.7. The number of rotatable bonds is 4. The van der Waals surface area contributed by atoms with Crippen LogP contribution < -0.4 is 5.73 Å². The average molecular weight is 295 g/mol. The van der Waals surface area contributed by atoms with Crippen LogP contribution in [0.3, 0.4) is 0 Å². The van der Waals surface area contributed by atoms with Crippen molar-refractivity contribution in [2.75, 3.05) is 5.73 Å². The van der Waals surface area contributed by atoms with Crippen LogP contribution in [0.25, 0.3) is 0 Å². The highest BCUT2D eigenvalue weighted by atomic mass is 19.1. The van der Waals surface area contributed by atoms with Crippen molar-refractivity contribution in [2.24, 2.45) is 0 Å². The fourth-order valence-corrected chi connectivity index (χ4v) is 1.89. The molecule has 1 aromatic carbocycles. The zero-order valence-corrected chi connectivity index (χ0v) is 11.7. The molecule has 7 heteroatoms. The highest BCUT2D eigenvalue weighted by Gasteiger charge is 2.21. The van der Waals surface area contributed by atoms with Crippen molar-refractivity contribution in [3.63, 3.8) is 0 Å². The minimum absolute atomic E-state index is 0.0857. The second-order valence-electron chi connectivity index (χ2n) is 4.48. The van der Waals surface area contributed by atoms with Gasteiger partial charge in [0.25, 0.3) is 0 Å². The number of ether oxygens (including phenoxy) is 1. The molecule has 0 bridgehead atoms. The molecule has 2 N–H and O–H groups in total. The molecule has 0 atom stereocenters. The van der Waals surface area contributed by atoms with Crippen LogP contribution in [0.4, 0.5) is 14.5 Å². The SMILES string of the molecule is CCn1nc(C)c(N)c1C(=O)OCc1ccc(F)cc1F. The van der Waals surface area contributed by atoms with Gasteiger partial charge >= 0.3 is 5.97 Å². The number of anilines is 1. The van der Waals surface area contributed by atoms with Gasteiger partial charge in [-0.3, -0.25) is 4.68 Å². The van der Waals surface area contributed by atoms with Gasteiger partial charge in [-0.05, 0) is 26.0 Å². The molecule has 0 unspecified atom stereocenters. The predicted molar refractivity (Wildman–Crippen MR) is 72.5 cm³/mol. The van der Waals surface area contributed by atoms with Gasteiger partial charge in [0.1, 0.15) is 18.2 Å². The van der Waals surface area contributed by atoms with Crippen LogP contribution in [0.2, 0.25) is 0 Å². The number of nitrogens with zero attached hydrogens (tertiary/aromatic N) is 2. The zero-order chi connectivity index (χ0) is 15.6. The van der Waals surface area contributed by atoms with Gasteiger partial charge in [-0.15, -0.1) is 0 Å². The fraction of sp³-hybridized carbons (Fsp3) is 0.286. The molecule has 1 aromatic heterocycles. The van der Waals surface area contributed by atoms with Gasteiger partial charge in [-0.2, -0.15) is 5.10 Å². The number of aryl methyl sites for hydroxylation is 2. The van der Waals surface area contributed by atoms with Crippen molar-refractivity contribution in [1.29, 1.82) is 0 Å². The fourth-order valence-electron chi connectivity index (χ4n) is 1.89. The van der Waals surface area contributed by atoms with E-state index in [0.717, 1.165) is 12.1 Å². The lowest BCUT2D eigenvalue weighted by atomic mass is 10.2. The second-order valence-corrected chi connectivity index (χ2v) is 4.48. The number of nitrogen functional groups attached to an aromatic ring is 1. The normalized spacial score (nSPS) is 10.7. The first-order valence-corrected chi connectivity index (χ1v) is 6.38. The summed E-state index contributed by atoms with van der Waals surface area (Å²) in [6, 6.07) is 3.06. The molecule has 0 spiro atoms. The number of halogens is 2. The van der Waals surface area contributed by atoms with Crippen molar-refractivity contribution in [1.82, 2.24) is 9.78 Å². The van der Waals surface area contributed by atoms with Crippen LogP contribution in [-0.4, -0.2) is 15.7 Å². The van der Waals surface area contributed by atoms with Crippen molar-refractivity contribution in [2.45, 2.75) is 27.0 Å². The van der Waals surface area contributed by atoms with E-state index in [1.165, 1.54) is 10.7 Å². The van der Waals surface area contributed by atoms with Gasteiger partial charge in [0, 0.05) is 18.2 Å². The topological polar surface area (TPSA) is 70.1 Å². The zero-order valence-electron chi connectivity index (χ0n) is 11.7. The van der Waals surface area contributed by atoms with Crippen LogP contribution in [0.1, 0.15) is 28.7 Å². The lowest BCUT2D eigenvalue weighted by Crippen LogP contribution is -2.14. The van der Waals surface area contributed by atoms with E-state index >= 15 is 0 Å². The quantitative estimate of drug-likeness (QED) is 0.879. The van der Waals surface area contributed by atoms with E-state index in [1.54, 1.807) is 6.92 Å². The lowest BCUT2D eigenvalue weighted by Gasteiger charge is -2.08. The summed E-state index contributed by atoms with van der Waals surface area (Å²) in [4.78, 5) is 12.1.